The van der Waals surface area contributed by atoms with Gasteiger partial charge in [0.1, 0.15) is 5.75 Å². The third kappa shape index (κ3) is 4.48. The highest BCUT2D eigenvalue weighted by molar-refractivity contribution is 5.36. The Bertz CT molecular complexity index is 352. The molecule has 80 valence electrons. The molecule has 0 atom stereocenters. The Kier molecular flexibility index (Phi) is 5.28. The Hall–Kier alpha value is -1.53. The first kappa shape index (κ1) is 11.5. The van der Waals surface area contributed by atoms with E-state index in [9.17, 15) is 0 Å². The van der Waals surface area contributed by atoms with Crippen molar-refractivity contribution in [2.24, 2.45) is 0 Å². The van der Waals surface area contributed by atoms with E-state index in [1.165, 1.54) is 0 Å². The van der Waals surface area contributed by atoms with Crippen LogP contribution >= 0.6 is 0 Å². The van der Waals surface area contributed by atoms with Crippen LogP contribution < -0.4 is 4.74 Å². The summed E-state index contributed by atoms with van der Waals surface area (Å²) in [5.74, 6) is 6.49. The number of rotatable bonds is 4. The van der Waals surface area contributed by atoms with E-state index in [0.29, 0.717) is 13.0 Å². The van der Waals surface area contributed by atoms with Crippen LogP contribution in [0.5, 0.6) is 5.75 Å². The first-order chi connectivity index (χ1) is 7.36. The van der Waals surface area contributed by atoms with Gasteiger partial charge in [-0.15, -0.1) is 0 Å². The van der Waals surface area contributed by atoms with E-state index in [1.807, 2.05) is 6.07 Å². The lowest BCUT2D eigenvalue weighted by molar-refractivity contribution is 0.305. The van der Waals surface area contributed by atoms with Crippen molar-refractivity contribution in [1.29, 1.82) is 0 Å². The summed E-state index contributed by atoms with van der Waals surface area (Å²) < 4.78 is 5.42. The molecule has 0 radical (unpaired) electrons. The number of hydrogen-bond acceptors (Lipinski definition) is 3. The van der Waals surface area contributed by atoms with Gasteiger partial charge in [0.15, 0.2) is 0 Å². The second kappa shape index (κ2) is 6.86. The first-order valence-electron chi connectivity index (χ1n) is 5.04. The minimum absolute atomic E-state index is 0.0897. The molecule has 1 aromatic heterocycles. The first-order valence-corrected chi connectivity index (χ1v) is 5.04. The summed E-state index contributed by atoms with van der Waals surface area (Å²) in [5, 5.41) is 8.57. The molecule has 0 amide bonds. The molecular formula is C12H15NO2. The van der Waals surface area contributed by atoms with Crippen LogP contribution in [0.3, 0.4) is 0 Å². The monoisotopic (exact) mass is 205 g/mol. The molecule has 0 aliphatic carbocycles. The van der Waals surface area contributed by atoms with Crippen molar-refractivity contribution in [3.05, 3.63) is 24.0 Å². The van der Waals surface area contributed by atoms with Crippen molar-refractivity contribution < 1.29 is 9.84 Å². The quantitative estimate of drug-likeness (QED) is 0.759. The highest BCUT2D eigenvalue weighted by Gasteiger charge is 1.94. The summed E-state index contributed by atoms with van der Waals surface area (Å²) in [6.45, 7) is 2.83. The van der Waals surface area contributed by atoms with Crippen molar-refractivity contribution in [2.75, 3.05) is 13.2 Å². The predicted octanol–water partition coefficient (Wildman–Crippen LogP) is 1.60. The van der Waals surface area contributed by atoms with Crippen molar-refractivity contribution in [3.8, 4) is 17.6 Å². The summed E-state index contributed by atoms with van der Waals surface area (Å²) in [6, 6.07) is 1.85. The van der Waals surface area contributed by atoms with Crippen LogP contribution in [0.2, 0.25) is 0 Å². The van der Waals surface area contributed by atoms with Gasteiger partial charge in [0.25, 0.3) is 0 Å². The number of ether oxygens (including phenoxy) is 1. The minimum Gasteiger partial charge on any atom is -0.492 e. The van der Waals surface area contributed by atoms with Crippen molar-refractivity contribution in [3.63, 3.8) is 0 Å². The zero-order chi connectivity index (χ0) is 10.9. The molecule has 0 unspecified atom stereocenters. The minimum atomic E-state index is 0.0897. The van der Waals surface area contributed by atoms with E-state index in [1.54, 1.807) is 12.4 Å². The van der Waals surface area contributed by atoms with Crippen molar-refractivity contribution >= 4 is 0 Å². The fraction of sp³-hybridized carbons (Fsp3) is 0.417. The molecule has 1 heterocycles. The number of pyridine rings is 1. The molecule has 0 spiro atoms. The Morgan fingerprint density at radius 2 is 2.33 bits per heavy atom. The van der Waals surface area contributed by atoms with Gasteiger partial charge in [-0.2, -0.15) is 0 Å². The molecule has 0 saturated heterocycles. The second-order valence-corrected chi connectivity index (χ2v) is 3.03. The molecule has 0 aliphatic rings. The lowest BCUT2D eigenvalue weighted by Gasteiger charge is -2.03. The van der Waals surface area contributed by atoms with Gasteiger partial charge in [0, 0.05) is 18.2 Å². The summed E-state index contributed by atoms with van der Waals surface area (Å²) in [4.78, 5) is 4.03. The number of nitrogens with zero attached hydrogens (tertiary/aromatic N) is 1. The normalized spacial score (nSPS) is 9.20. The molecule has 3 nitrogen and oxygen atoms in total. The molecule has 0 aromatic carbocycles. The molecule has 1 N–H and O–H groups in total. The maximum Gasteiger partial charge on any atom is 0.138 e. The maximum atomic E-state index is 8.57. The van der Waals surface area contributed by atoms with Crippen LogP contribution in [0.15, 0.2) is 18.5 Å². The Labute approximate surface area is 90.1 Å². The van der Waals surface area contributed by atoms with Gasteiger partial charge in [0.2, 0.25) is 0 Å². The van der Waals surface area contributed by atoms with Crippen LogP contribution in [-0.4, -0.2) is 23.3 Å². The Morgan fingerprint density at radius 3 is 3.07 bits per heavy atom. The molecule has 0 bridgehead atoms. The van der Waals surface area contributed by atoms with Gasteiger partial charge in [-0.05, 0) is 12.5 Å². The van der Waals surface area contributed by atoms with Crippen LogP contribution in [0.25, 0.3) is 0 Å². The lowest BCUT2D eigenvalue weighted by atomic mass is 10.2. The Morgan fingerprint density at radius 1 is 1.47 bits per heavy atom. The molecule has 0 fully saturated rings. The highest BCUT2D eigenvalue weighted by Crippen LogP contribution is 2.10. The predicted molar refractivity (Wildman–Crippen MR) is 58.6 cm³/mol. The van der Waals surface area contributed by atoms with Gasteiger partial charge in [-0.25, -0.2) is 0 Å². The van der Waals surface area contributed by atoms with Gasteiger partial charge in [-0.3, -0.25) is 4.98 Å². The zero-order valence-corrected chi connectivity index (χ0v) is 8.86. The second-order valence-electron chi connectivity index (χ2n) is 3.03. The van der Waals surface area contributed by atoms with E-state index in [0.717, 1.165) is 17.7 Å². The summed E-state index contributed by atoms with van der Waals surface area (Å²) in [6.07, 6.45) is 4.82. The average molecular weight is 205 g/mol. The van der Waals surface area contributed by atoms with Gasteiger partial charge < -0.3 is 9.84 Å². The van der Waals surface area contributed by atoms with Crippen LogP contribution in [0, 0.1) is 11.8 Å². The maximum absolute atomic E-state index is 8.57. The molecule has 1 rings (SSSR count). The third-order valence-corrected chi connectivity index (χ3v) is 1.66. The van der Waals surface area contributed by atoms with E-state index in [4.69, 9.17) is 9.84 Å². The molecule has 15 heavy (non-hydrogen) atoms. The zero-order valence-electron chi connectivity index (χ0n) is 8.86. The SMILES string of the molecule is CCCOc1cncc(C#CCCO)c1. The molecule has 0 saturated carbocycles. The Balaban J connectivity index is 2.62. The fourth-order valence-electron chi connectivity index (χ4n) is 1.01. The molecular weight excluding hydrogens is 190 g/mol. The standard InChI is InChI=1S/C12H15NO2/c1-2-7-15-12-8-11(9-13-10-12)5-3-4-6-14/h8-10,14H,2,4,6-7H2,1H3. The number of aliphatic hydroxyl groups excluding tert-OH is 1. The van der Waals surface area contributed by atoms with E-state index in [-0.39, 0.29) is 6.61 Å². The number of aliphatic hydroxyl groups is 1. The van der Waals surface area contributed by atoms with E-state index >= 15 is 0 Å². The van der Waals surface area contributed by atoms with Gasteiger partial charge in [0.05, 0.1) is 19.4 Å². The summed E-state index contributed by atoms with van der Waals surface area (Å²) in [5.41, 5.74) is 0.817. The summed E-state index contributed by atoms with van der Waals surface area (Å²) >= 11 is 0. The van der Waals surface area contributed by atoms with E-state index < -0.39 is 0 Å². The van der Waals surface area contributed by atoms with Gasteiger partial charge in [-0.1, -0.05) is 18.8 Å². The van der Waals surface area contributed by atoms with Crippen LogP contribution in [0.1, 0.15) is 25.3 Å². The summed E-state index contributed by atoms with van der Waals surface area (Å²) in [7, 11) is 0. The van der Waals surface area contributed by atoms with Crippen molar-refractivity contribution in [1.82, 2.24) is 4.98 Å². The number of aromatic nitrogens is 1. The molecule has 1 aromatic rings. The molecule has 0 aliphatic heterocycles. The van der Waals surface area contributed by atoms with Crippen molar-refractivity contribution in [2.45, 2.75) is 19.8 Å². The lowest BCUT2D eigenvalue weighted by Crippen LogP contribution is -1.95. The van der Waals surface area contributed by atoms with Crippen LogP contribution in [-0.2, 0) is 0 Å². The smallest absolute Gasteiger partial charge is 0.138 e. The topological polar surface area (TPSA) is 42.4 Å². The van der Waals surface area contributed by atoms with Crippen LogP contribution in [0.4, 0.5) is 0 Å². The highest BCUT2D eigenvalue weighted by atomic mass is 16.5. The number of hydrogen-bond donors (Lipinski definition) is 1. The third-order valence-electron chi connectivity index (χ3n) is 1.66. The fourth-order valence-corrected chi connectivity index (χ4v) is 1.01. The molecule has 3 heteroatoms. The van der Waals surface area contributed by atoms with E-state index in [2.05, 4.69) is 23.7 Å². The average Bonchev–Trinajstić information content (AvgIpc) is 2.27. The largest absolute Gasteiger partial charge is 0.492 e. The van der Waals surface area contributed by atoms with Gasteiger partial charge >= 0.3 is 0 Å².